The number of piperidine rings is 1. The normalized spacial score (nSPS) is 20.2. The largest absolute Gasteiger partial charge is 0.497 e. The van der Waals surface area contributed by atoms with Gasteiger partial charge in [-0.2, -0.15) is 0 Å². The van der Waals surface area contributed by atoms with Gasteiger partial charge in [0.25, 0.3) is 0 Å². The molecular weight excluding hydrogens is 280 g/mol. The van der Waals surface area contributed by atoms with Gasteiger partial charge in [-0.05, 0) is 57.6 Å². The lowest BCUT2D eigenvalue weighted by atomic mass is 9.97. The van der Waals surface area contributed by atoms with Crippen molar-refractivity contribution in [1.82, 2.24) is 10.2 Å². The van der Waals surface area contributed by atoms with Crippen LogP contribution in [0.25, 0.3) is 0 Å². The van der Waals surface area contributed by atoms with Crippen LogP contribution in [0.2, 0.25) is 0 Å². The fraction of sp³-hybridized carbons (Fsp3) is 0.588. The van der Waals surface area contributed by atoms with Crippen molar-refractivity contribution in [3.8, 4) is 11.5 Å². The molecular formula is C17H26N2O3. The number of likely N-dealkylation sites (tertiary alicyclic amines) is 1. The van der Waals surface area contributed by atoms with Crippen LogP contribution in [-0.4, -0.2) is 50.7 Å². The second-order valence-corrected chi connectivity index (χ2v) is 6.00. The maximum Gasteiger partial charge on any atom is 0.224 e. The van der Waals surface area contributed by atoms with E-state index in [1.807, 2.05) is 31.2 Å². The SMILES string of the molecule is COc1ccc(OC[C@@H](C)NC(=O)[C@H]2CCCN(C)C2)cc1. The van der Waals surface area contributed by atoms with Crippen LogP contribution in [0.3, 0.4) is 0 Å². The molecule has 0 spiro atoms. The number of benzene rings is 1. The number of ether oxygens (including phenoxy) is 2. The molecule has 1 aliphatic rings. The van der Waals surface area contributed by atoms with Crippen molar-refractivity contribution in [2.75, 3.05) is 33.9 Å². The fourth-order valence-electron chi connectivity index (χ4n) is 2.68. The Balaban J connectivity index is 1.74. The number of rotatable bonds is 6. The smallest absolute Gasteiger partial charge is 0.224 e. The number of carbonyl (C=O) groups is 1. The van der Waals surface area contributed by atoms with E-state index in [1.54, 1.807) is 7.11 Å². The highest BCUT2D eigenvalue weighted by atomic mass is 16.5. The molecule has 2 rings (SSSR count). The molecule has 1 N–H and O–H groups in total. The molecule has 1 heterocycles. The van der Waals surface area contributed by atoms with Gasteiger partial charge >= 0.3 is 0 Å². The van der Waals surface area contributed by atoms with Crippen LogP contribution in [0.1, 0.15) is 19.8 Å². The first-order valence-corrected chi connectivity index (χ1v) is 7.84. The zero-order valence-corrected chi connectivity index (χ0v) is 13.7. The molecule has 5 nitrogen and oxygen atoms in total. The summed E-state index contributed by atoms with van der Waals surface area (Å²) >= 11 is 0. The number of methoxy groups -OCH3 is 1. The van der Waals surface area contributed by atoms with E-state index in [0.717, 1.165) is 37.4 Å². The zero-order valence-electron chi connectivity index (χ0n) is 13.7. The Morgan fingerprint density at radius 1 is 1.36 bits per heavy atom. The van der Waals surface area contributed by atoms with Crippen molar-refractivity contribution in [2.45, 2.75) is 25.8 Å². The van der Waals surface area contributed by atoms with Crippen molar-refractivity contribution < 1.29 is 14.3 Å². The minimum Gasteiger partial charge on any atom is -0.497 e. The summed E-state index contributed by atoms with van der Waals surface area (Å²) in [5, 5.41) is 3.05. The van der Waals surface area contributed by atoms with Gasteiger partial charge in [0.1, 0.15) is 18.1 Å². The summed E-state index contributed by atoms with van der Waals surface area (Å²) in [4.78, 5) is 14.5. The van der Waals surface area contributed by atoms with Crippen molar-refractivity contribution in [2.24, 2.45) is 5.92 Å². The lowest BCUT2D eigenvalue weighted by Crippen LogP contribution is -2.45. The summed E-state index contributed by atoms with van der Waals surface area (Å²) in [6.07, 6.45) is 2.06. The van der Waals surface area contributed by atoms with Gasteiger partial charge < -0.3 is 19.7 Å². The number of hydrogen-bond donors (Lipinski definition) is 1. The molecule has 1 amide bonds. The number of nitrogens with zero attached hydrogens (tertiary/aromatic N) is 1. The predicted octanol–water partition coefficient (Wildman–Crippen LogP) is 1.92. The Morgan fingerprint density at radius 2 is 2.05 bits per heavy atom. The monoisotopic (exact) mass is 306 g/mol. The Hall–Kier alpha value is -1.75. The van der Waals surface area contributed by atoms with E-state index in [1.165, 1.54) is 0 Å². The summed E-state index contributed by atoms with van der Waals surface area (Å²) < 4.78 is 10.8. The van der Waals surface area contributed by atoms with Gasteiger partial charge in [0, 0.05) is 6.54 Å². The number of carbonyl (C=O) groups excluding carboxylic acids is 1. The topological polar surface area (TPSA) is 50.8 Å². The van der Waals surface area contributed by atoms with E-state index in [0.29, 0.717) is 6.61 Å². The molecule has 0 radical (unpaired) electrons. The van der Waals surface area contributed by atoms with Gasteiger partial charge in [0.2, 0.25) is 5.91 Å². The highest BCUT2D eigenvalue weighted by Gasteiger charge is 2.24. The zero-order chi connectivity index (χ0) is 15.9. The van der Waals surface area contributed by atoms with Crippen LogP contribution in [0, 0.1) is 5.92 Å². The van der Waals surface area contributed by atoms with Gasteiger partial charge in [0.15, 0.2) is 0 Å². The first-order chi connectivity index (χ1) is 10.6. The first-order valence-electron chi connectivity index (χ1n) is 7.84. The summed E-state index contributed by atoms with van der Waals surface area (Å²) in [7, 11) is 3.70. The van der Waals surface area contributed by atoms with E-state index in [2.05, 4.69) is 17.3 Å². The second kappa shape index (κ2) is 8.03. The fourth-order valence-corrected chi connectivity index (χ4v) is 2.68. The Labute approximate surface area is 132 Å². The molecule has 2 atom stereocenters. The Bertz CT molecular complexity index is 475. The molecule has 1 saturated heterocycles. The van der Waals surface area contributed by atoms with Crippen LogP contribution in [0.4, 0.5) is 0 Å². The third-order valence-corrected chi connectivity index (χ3v) is 3.94. The molecule has 122 valence electrons. The minimum atomic E-state index is -0.0122. The molecule has 1 aromatic rings. The van der Waals surface area contributed by atoms with E-state index in [-0.39, 0.29) is 17.9 Å². The van der Waals surface area contributed by atoms with Gasteiger partial charge in [-0.1, -0.05) is 0 Å². The Kier molecular flexibility index (Phi) is 6.07. The Morgan fingerprint density at radius 3 is 2.68 bits per heavy atom. The highest BCUT2D eigenvalue weighted by molar-refractivity contribution is 5.79. The van der Waals surface area contributed by atoms with Gasteiger partial charge in [-0.3, -0.25) is 4.79 Å². The van der Waals surface area contributed by atoms with Crippen LogP contribution >= 0.6 is 0 Å². The van der Waals surface area contributed by atoms with E-state index < -0.39 is 0 Å². The first kappa shape index (κ1) is 16.6. The van der Waals surface area contributed by atoms with Gasteiger partial charge in [0.05, 0.1) is 19.1 Å². The van der Waals surface area contributed by atoms with E-state index in [4.69, 9.17) is 9.47 Å². The van der Waals surface area contributed by atoms with Crippen molar-refractivity contribution >= 4 is 5.91 Å². The predicted molar refractivity (Wildman–Crippen MR) is 86.3 cm³/mol. The highest BCUT2D eigenvalue weighted by Crippen LogP contribution is 2.17. The molecule has 1 fully saturated rings. The summed E-state index contributed by atoms with van der Waals surface area (Å²) in [6, 6.07) is 7.43. The standard InChI is InChI=1S/C17H26N2O3/c1-13(12-22-16-8-6-15(21-3)7-9-16)18-17(20)14-5-4-10-19(2)11-14/h6-9,13-14H,4-5,10-12H2,1-3H3,(H,18,20)/t13-,14+/m1/s1. The van der Waals surface area contributed by atoms with Gasteiger partial charge in [-0.25, -0.2) is 0 Å². The molecule has 0 aromatic heterocycles. The average Bonchev–Trinajstić information content (AvgIpc) is 2.53. The molecule has 1 aromatic carbocycles. The molecule has 1 aliphatic heterocycles. The average molecular weight is 306 g/mol. The van der Waals surface area contributed by atoms with E-state index >= 15 is 0 Å². The molecule has 5 heteroatoms. The molecule has 0 bridgehead atoms. The van der Waals surface area contributed by atoms with Crippen molar-refractivity contribution in [3.05, 3.63) is 24.3 Å². The maximum absolute atomic E-state index is 12.2. The number of amides is 1. The third kappa shape index (κ3) is 4.91. The van der Waals surface area contributed by atoms with Crippen molar-refractivity contribution in [3.63, 3.8) is 0 Å². The molecule has 22 heavy (non-hydrogen) atoms. The van der Waals surface area contributed by atoms with Crippen LogP contribution < -0.4 is 14.8 Å². The lowest BCUT2D eigenvalue weighted by Gasteiger charge is -2.29. The van der Waals surface area contributed by atoms with Crippen LogP contribution in [-0.2, 0) is 4.79 Å². The summed E-state index contributed by atoms with van der Waals surface area (Å²) in [6.45, 7) is 4.35. The molecule has 0 saturated carbocycles. The minimum absolute atomic E-state index is 0.0122. The van der Waals surface area contributed by atoms with Crippen LogP contribution in [0.5, 0.6) is 11.5 Å². The molecule has 0 unspecified atom stereocenters. The van der Waals surface area contributed by atoms with E-state index in [9.17, 15) is 4.79 Å². The molecule has 0 aliphatic carbocycles. The summed E-state index contributed by atoms with van der Waals surface area (Å²) in [5.41, 5.74) is 0. The number of nitrogens with one attached hydrogen (secondary N) is 1. The van der Waals surface area contributed by atoms with Crippen LogP contribution in [0.15, 0.2) is 24.3 Å². The van der Waals surface area contributed by atoms with Gasteiger partial charge in [-0.15, -0.1) is 0 Å². The maximum atomic E-state index is 12.2. The lowest BCUT2D eigenvalue weighted by molar-refractivity contribution is -0.127. The third-order valence-electron chi connectivity index (χ3n) is 3.94. The quantitative estimate of drug-likeness (QED) is 0.872. The van der Waals surface area contributed by atoms with Crippen molar-refractivity contribution in [1.29, 1.82) is 0 Å². The second-order valence-electron chi connectivity index (χ2n) is 6.00. The summed E-state index contributed by atoms with van der Waals surface area (Å²) in [5.74, 6) is 1.81. The number of hydrogen-bond acceptors (Lipinski definition) is 4.